The van der Waals surface area contributed by atoms with Crippen LogP contribution in [0.4, 0.5) is 11.4 Å². The van der Waals surface area contributed by atoms with Gasteiger partial charge in [-0.2, -0.15) is 4.21 Å². The maximum atomic E-state index is 12.3. The zero-order valence-corrected chi connectivity index (χ0v) is 15.1. The Kier molecular flexibility index (Phi) is 5.37. The summed E-state index contributed by atoms with van der Waals surface area (Å²) in [5.74, 6) is 1.04. The molecule has 0 saturated heterocycles. The van der Waals surface area contributed by atoms with Gasteiger partial charge in [0.15, 0.2) is 5.69 Å². The number of nitrogens with zero attached hydrogens (tertiary/aromatic N) is 1. The van der Waals surface area contributed by atoms with Crippen LogP contribution in [0.25, 0.3) is 15.6 Å². The van der Waals surface area contributed by atoms with Crippen molar-refractivity contribution in [3.8, 4) is 11.5 Å². The molecular formula is C19H17N3O3S. The molecule has 26 heavy (non-hydrogen) atoms. The molecule has 0 amide bonds. The van der Waals surface area contributed by atoms with Gasteiger partial charge in [0, 0.05) is 5.39 Å². The lowest BCUT2D eigenvalue weighted by Crippen LogP contribution is -2.27. The lowest BCUT2D eigenvalue weighted by Gasteiger charge is -2.14. The summed E-state index contributed by atoms with van der Waals surface area (Å²) < 4.78 is 23.1. The number of hydrogen-bond acceptors (Lipinski definition) is 4. The molecule has 0 radical (unpaired) electrons. The van der Waals surface area contributed by atoms with Crippen LogP contribution in [0.3, 0.4) is 0 Å². The summed E-state index contributed by atoms with van der Waals surface area (Å²) in [6.45, 7) is 9.03. The number of methoxy groups -OCH3 is 1. The predicted molar refractivity (Wildman–Crippen MR) is 103 cm³/mol. The van der Waals surface area contributed by atoms with Gasteiger partial charge < -0.3 is 14.3 Å². The molecule has 0 fully saturated rings. The van der Waals surface area contributed by atoms with E-state index >= 15 is 0 Å². The van der Waals surface area contributed by atoms with Crippen LogP contribution in [-0.2, 0) is 11.3 Å². The van der Waals surface area contributed by atoms with Gasteiger partial charge in [-0.1, -0.05) is 36.4 Å². The molecule has 0 aliphatic carbocycles. The number of hydrogen-bond donors (Lipinski definition) is 2. The number of hydrazine groups is 1. The molecule has 1 unspecified atom stereocenters. The van der Waals surface area contributed by atoms with Crippen LogP contribution in [0.1, 0.15) is 5.56 Å². The minimum atomic E-state index is -1.85. The first-order valence-corrected chi connectivity index (χ1v) is 8.85. The zero-order chi connectivity index (χ0) is 18.5. The van der Waals surface area contributed by atoms with Crippen molar-refractivity contribution < 1.29 is 13.1 Å². The first-order chi connectivity index (χ1) is 12.6. The van der Waals surface area contributed by atoms with E-state index in [1.807, 2.05) is 43.3 Å². The highest BCUT2D eigenvalue weighted by Gasteiger charge is 2.10. The number of anilines is 1. The Hall–Kier alpha value is -3.08. The van der Waals surface area contributed by atoms with Gasteiger partial charge in [0.25, 0.3) is 0 Å². The average Bonchev–Trinajstić information content (AvgIpc) is 2.67. The molecule has 0 bridgehead atoms. The highest BCUT2D eigenvalue weighted by Crippen LogP contribution is 2.32. The van der Waals surface area contributed by atoms with E-state index in [9.17, 15) is 4.21 Å². The van der Waals surface area contributed by atoms with Crippen LogP contribution in [0.2, 0.25) is 0 Å². The quantitative estimate of drug-likeness (QED) is 0.504. The largest absolute Gasteiger partial charge is 0.495 e. The van der Waals surface area contributed by atoms with Gasteiger partial charge in [-0.25, -0.2) is 4.85 Å². The fraction of sp³-hybridized carbons (Fsp3) is 0.105. The maximum Gasteiger partial charge on any atom is 0.306 e. The summed E-state index contributed by atoms with van der Waals surface area (Å²) in [7, 11) is 1.53. The highest BCUT2D eigenvalue weighted by molar-refractivity contribution is 7.78. The van der Waals surface area contributed by atoms with Crippen molar-refractivity contribution in [3.63, 3.8) is 0 Å². The van der Waals surface area contributed by atoms with Crippen LogP contribution >= 0.6 is 0 Å². The van der Waals surface area contributed by atoms with Crippen molar-refractivity contribution >= 4 is 33.4 Å². The predicted octanol–water partition coefficient (Wildman–Crippen LogP) is 4.28. The second-order valence-electron chi connectivity index (χ2n) is 5.47. The molecule has 132 valence electrons. The smallest absolute Gasteiger partial charge is 0.306 e. The van der Waals surface area contributed by atoms with Crippen molar-refractivity contribution in [1.29, 1.82) is 0 Å². The van der Waals surface area contributed by atoms with Crippen molar-refractivity contribution in [2.24, 2.45) is 0 Å². The van der Waals surface area contributed by atoms with Crippen molar-refractivity contribution in [3.05, 3.63) is 71.6 Å². The topological polar surface area (TPSA) is 64.0 Å². The lowest BCUT2D eigenvalue weighted by atomic mass is 10.1. The van der Waals surface area contributed by atoms with E-state index in [2.05, 4.69) is 15.1 Å². The van der Waals surface area contributed by atoms with Gasteiger partial charge >= 0.3 is 11.3 Å². The molecule has 3 rings (SSSR count). The molecule has 3 aromatic rings. The Balaban J connectivity index is 1.74. The average molecular weight is 367 g/mol. The van der Waals surface area contributed by atoms with Crippen LogP contribution in [0.15, 0.2) is 54.6 Å². The molecule has 0 aromatic heterocycles. The summed E-state index contributed by atoms with van der Waals surface area (Å²) in [6.07, 6.45) is 0. The SMILES string of the molecule is [C-]#[N+]c1cc(NNS(=O)Oc2cccc3ccccc23)c(OC)cc1C. The van der Waals surface area contributed by atoms with E-state index in [-0.39, 0.29) is 0 Å². The Labute approximate surface area is 154 Å². The normalized spacial score (nSPS) is 11.6. The third-order valence-corrected chi connectivity index (χ3v) is 4.42. The Morgan fingerprint density at radius 2 is 1.85 bits per heavy atom. The number of ether oxygens (including phenoxy) is 1. The molecule has 3 aromatic carbocycles. The number of fused-ring (bicyclic) bond motifs is 1. The highest BCUT2D eigenvalue weighted by atomic mass is 32.2. The standard InChI is InChI=1S/C19H17N3O3S/c1-13-11-19(24-3)17(12-16(13)20-2)21-22-26(23)25-18-10-6-8-14-7-4-5-9-15(14)18/h4-12,21-22H,1,3H3. The Morgan fingerprint density at radius 3 is 2.62 bits per heavy atom. The van der Waals surface area contributed by atoms with E-state index in [1.165, 1.54) is 7.11 Å². The van der Waals surface area contributed by atoms with Gasteiger partial charge in [-0.05, 0) is 36.1 Å². The van der Waals surface area contributed by atoms with E-state index in [0.717, 1.165) is 16.3 Å². The zero-order valence-electron chi connectivity index (χ0n) is 14.3. The second kappa shape index (κ2) is 7.87. The van der Waals surface area contributed by atoms with Crippen molar-refractivity contribution in [2.45, 2.75) is 6.92 Å². The molecule has 0 heterocycles. The van der Waals surface area contributed by atoms with Crippen LogP contribution < -0.4 is 19.2 Å². The molecular weight excluding hydrogens is 350 g/mol. The number of rotatable bonds is 6. The minimum Gasteiger partial charge on any atom is -0.495 e. The van der Waals surface area contributed by atoms with Gasteiger partial charge in [-0.15, -0.1) is 4.83 Å². The van der Waals surface area contributed by atoms with Crippen LogP contribution in [-0.4, -0.2) is 11.3 Å². The summed E-state index contributed by atoms with van der Waals surface area (Å²) in [5, 5.41) is 1.87. The monoisotopic (exact) mass is 367 g/mol. The fourth-order valence-corrected chi connectivity index (χ4v) is 3.07. The summed E-state index contributed by atoms with van der Waals surface area (Å²) in [6, 6.07) is 16.6. The molecule has 1 atom stereocenters. The van der Waals surface area contributed by atoms with Gasteiger partial charge in [0.05, 0.1) is 19.4 Å². The summed E-state index contributed by atoms with van der Waals surface area (Å²) >= 11 is -1.85. The number of nitrogens with one attached hydrogen (secondary N) is 2. The van der Waals surface area contributed by atoms with E-state index in [0.29, 0.717) is 22.9 Å². The molecule has 6 nitrogen and oxygen atoms in total. The third-order valence-electron chi connectivity index (χ3n) is 3.82. The number of benzene rings is 3. The van der Waals surface area contributed by atoms with Crippen LogP contribution in [0.5, 0.6) is 11.5 Å². The molecule has 0 aliphatic rings. The molecule has 0 saturated carbocycles. The molecule has 7 heteroatoms. The third kappa shape index (κ3) is 3.77. The summed E-state index contributed by atoms with van der Waals surface area (Å²) in [5.41, 5.74) is 4.57. The van der Waals surface area contributed by atoms with E-state index < -0.39 is 11.3 Å². The first kappa shape index (κ1) is 17.7. The molecule has 2 N–H and O–H groups in total. The first-order valence-electron chi connectivity index (χ1n) is 7.78. The van der Waals surface area contributed by atoms with Gasteiger partial charge in [-0.3, -0.25) is 0 Å². The van der Waals surface area contributed by atoms with E-state index in [4.69, 9.17) is 15.5 Å². The minimum absolute atomic E-state index is 0.482. The van der Waals surface area contributed by atoms with Crippen molar-refractivity contribution in [1.82, 2.24) is 4.83 Å². The van der Waals surface area contributed by atoms with E-state index in [1.54, 1.807) is 18.2 Å². The lowest BCUT2D eigenvalue weighted by molar-refractivity contribution is 0.416. The summed E-state index contributed by atoms with van der Waals surface area (Å²) in [4.78, 5) is 6.03. The Morgan fingerprint density at radius 1 is 1.08 bits per heavy atom. The van der Waals surface area contributed by atoms with Crippen molar-refractivity contribution in [2.75, 3.05) is 12.5 Å². The van der Waals surface area contributed by atoms with Gasteiger partial charge in [0.1, 0.15) is 11.5 Å². The van der Waals surface area contributed by atoms with Crippen LogP contribution in [0, 0.1) is 13.5 Å². The molecule has 0 spiro atoms. The molecule has 0 aliphatic heterocycles. The number of aryl methyl sites for hydroxylation is 1. The van der Waals surface area contributed by atoms with Gasteiger partial charge in [0.2, 0.25) is 0 Å². The maximum absolute atomic E-state index is 12.3. The fourth-order valence-electron chi connectivity index (χ4n) is 2.52. The second-order valence-corrected chi connectivity index (χ2v) is 6.31. The Bertz CT molecular complexity index is 1010.